The van der Waals surface area contributed by atoms with Crippen LogP contribution in [0.4, 0.5) is 0 Å². The summed E-state index contributed by atoms with van der Waals surface area (Å²) in [7, 11) is 0. The summed E-state index contributed by atoms with van der Waals surface area (Å²) in [5.74, 6) is 0. The maximum Gasteiger partial charge on any atom is -0.00957 e. The van der Waals surface area contributed by atoms with Crippen LogP contribution in [0.5, 0.6) is 0 Å². The van der Waals surface area contributed by atoms with Gasteiger partial charge in [-0.15, -0.1) is 0 Å². The molecule has 0 heterocycles. The zero-order valence-electron chi connectivity index (χ0n) is 30.5. The highest BCUT2D eigenvalue weighted by molar-refractivity contribution is 6.26. The van der Waals surface area contributed by atoms with E-state index in [1.54, 1.807) is 0 Å². The fraction of sp³-hybridized carbons (Fsp3) is 0.571. The molecule has 0 atom stereocenters. The van der Waals surface area contributed by atoms with Gasteiger partial charge in [0.05, 0.1) is 0 Å². The van der Waals surface area contributed by atoms with Crippen molar-refractivity contribution in [3.8, 4) is 0 Å². The lowest BCUT2D eigenvalue weighted by molar-refractivity contribution is 0.530. The molecule has 0 heteroatoms. The van der Waals surface area contributed by atoms with E-state index in [4.69, 9.17) is 0 Å². The molecule has 228 valence electrons. The first kappa shape index (κ1) is 32.6. The van der Waals surface area contributed by atoms with E-state index in [9.17, 15) is 0 Å². The fourth-order valence-corrected chi connectivity index (χ4v) is 6.86. The van der Waals surface area contributed by atoms with Gasteiger partial charge in [0, 0.05) is 0 Å². The van der Waals surface area contributed by atoms with E-state index >= 15 is 0 Å². The lowest BCUT2D eigenvalue weighted by Crippen LogP contribution is -2.23. The summed E-state index contributed by atoms with van der Waals surface area (Å²) in [4.78, 5) is 0. The topological polar surface area (TPSA) is 0 Å². The molecule has 0 bridgehead atoms. The summed E-state index contributed by atoms with van der Waals surface area (Å²) < 4.78 is 0. The maximum atomic E-state index is 2.56. The van der Waals surface area contributed by atoms with E-state index in [0.717, 1.165) is 0 Å². The first-order valence-electron chi connectivity index (χ1n) is 16.2. The van der Waals surface area contributed by atoms with Crippen molar-refractivity contribution in [2.24, 2.45) is 0 Å². The van der Waals surface area contributed by atoms with Gasteiger partial charge in [0.25, 0.3) is 0 Å². The Morgan fingerprint density at radius 1 is 0.214 bits per heavy atom. The van der Waals surface area contributed by atoms with Gasteiger partial charge in [-0.05, 0) is 135 Å². The Kier molecular flexibility index (Phi) is 7.43. The Morgan fingerprint density at radius 2 is 0.310 bits per heavy atom. The summed E-state index contributed by atoms with van der Waals surface area (Å²) in [6.45, 7) is 42.7. The van der Waals surface area contributed by atoms with Crippen LogP contribution >= 0.6 is 0 Å². The van der Waals surface area contributed by atoms with Crippen LogP contribution in [-0.4, -0.2) is 0 Å². The van der Waals surface area contributed by atoms with Crippen molar-refractivity contribution in [1.82, 2.24) is 0 Å². The average molecular weight is 565 g/mol. The number of hydrogen-bond acceptors (Lipinski definition) is 0. The minimum atomic E-state index is 0.0446. The molecule has 0 unspecified atom stereocenters. The second-order valence-corrected chi connectivity index (χ2v) is 19.3. The zero-order chi connectivity index (χ0) is 32.2. The van der Waals surface area contributed by atoms with Crippen LogP contribution in [0.3, 0.4) is 0 Å². The molecule has 0 amide bonds. The Hall–Kier alpha value is -2.34. The molecule has 0 aromatic heterocycles. The smallest absolute Gasteiger partial charge is 0.00957 e. The van der Waals surface area contributed by atoms with Gasteiger partial charge >= 0.3 is 0 Å². The van der Waals surface area contributed by atoms with Crippen molar-refractivity contribution in [3.63, 3.8) is 0 Å². The van der Waals surface area contributed by atoms with Crippen molar-refractivity contribution in [1.29, 1.82) is 0 Å². The molecule has 0 radical (unpaired) electrons. The first-order valence-corrected chi connectivity index (χ1v) is 16.2. The number of hydrogen-bond donors (Lipinski definition) is 0. The lowest BCUT2D eigenvalue weighted by Gasteiger charge is -2.34. The SMILES string of the molecule is CC(C)(C)c1cc2c3cc(C(C)(C)C)c(C(C)(C)C)cc3c3cc(C(C)(C)C)c(C(C)(C)C)cc3c2cc1C(C)(C)C. The minimum Gasteiger partial charge on any atom is -0.0561 e. The number of benzene rings is 4. The normalized spacial score (nSPS) is 14.4. The third kappa shape index (κ3) is 5.77. The Bertz CT molecular complexity index is 1320. The molecular weight excluding hydrogens is 504 g/mol. The van der Waals surface area contributed by atoms with Crippen molar-refractivity contribution in [2.45, 2.75) is 157 Å². The summed E-state index contributed by atoms with van der Waals surface area (Å²) in [6, 6.07) is 15.4. The van der Waals surface area contributed by atoms with Crippen LogP contribution in [0.15, 0.2) is 36.4 Å². The summed E-state index contributed by atoms with van der Waals surface area (Å²) in [6.07, 6.45) is 0. The van der Waals surface area contributed by atoms with E-state index < -0.39 is 0 Å². The molecule has 0 aliphatic carbocycles. The molecule has 0 nitrogen and oxygen atoms in total. The third-order valence-corrected chi connectivity index (χ3v) is 9.19. The molecule has 4 rings (SSSR count). The molecule has 42 heavy (non-hydrogen) atoms. The third-order valence-electron chi connectivity index (χ3n) is 9.19. The molecule has 0 N–H and O–H groups in total. The standard InChI is InChI=1S/C42H60/c1-37(2,3)31-19-25-26(20-32(31)38(4,5)6)28-22-34(40(10,11)12)36(42(16,17)18)24-30(28)29-23-35(41(13,14)15)33(21-27(25)29)39(7,8)9/h19-24H,1-18H3. The predicted molar refractivity (Wildman–Crippen MR) is 191 cm³/mol. The van der Waals surface area contributed by atoms with Crippen molar-refractivity contribution >= 4 is 32.3 Å². The second kappa shape index (κ2) is 9.58. The van der Waals surface area contributed by atoms with Gasteiger partial charge in [0.1, 0.15) is 0 Å². The van der Waals surface area contributed by atoms with Gasteiger partial charge in [0.15, 0.2) is 0 Å². The van der Waals surface area contributed by atoms with Gasteiger partial charge in [-0.3, -0.25) is 0 Å². The zero-order valence-corrected chi connectivity index (χ0v) is 30.5. The molecule has 4 aromatic carbocycles. The van der Waals surface area contributed by atoms with Crippen LogP contribution in [-0.2, 0) is 32.5 Å². The highest BCUT2D eigenvalue weighted by atomic mass is 14.4. The Labute approximate surface area is 258 Å². The first-order chi connectivity index (χ1) is 18.6. The van der Waals surface area contributed by atoms with E-state index in [1.807, 2.05) is 0 Å². The fourth-order valence-electron chi connectivity index (χ4n) is 6.86. The van der Waals surface area contributed by atoms with E-state index in [1.165, 1.54) is 65.7 Å². The second-order valence-electron chi connectivity index (χ2n) is 19.3. The predicted octanol–water partition coefficient (Wildman–Crippen LogP) is 12.9. The van der Waals surface area contributed by atoms with Gasteiger partial charge in [-0.2, -0.15) is 0 Å². The van der Waals surface area contributed by atoms with Gasteiger partial charge < -0.3 is 0 Å². The lowest BCUT2D eigenvalue weighted by atomic mass is 9.70. The molecule has 4 aromatic rings. The molecule has 0 fully saturated rings. The highest BCUT2D eigenvalue weighted by Crippen LogP contribution is 2.47. The van der Waals surface area contributed by atoms with Crippen LogP contribution in [0.2, 0.25) is 0 Å². The molecular formula is C42H60. The van der Waals surface area contributed by atoms with Crippen LogP contribution in [0.25, 0.3) is 32.3 Å². The monoisotopic (exact) mass is 564 g/mol. The quantitative estimate of drug-likeness (QED) is 0.186. The van der Waals surface area contributed by atoms with Crippen LogP contribution in [0.1, 0.15) is 158 Å². The van der Waals surface area contributed by atoms with Crippen molar-refractivity contribution < 1.29 is 0 Å². The van der Waals surface area contributed by atoms with E-state index in [0.29, 0.717) is 0 Å². The average Bonchev–Trinajstić information content (AvgIpc) is 2.78. The number of rotatable bonds is 0. The Balaban J connectivity index is 2.46. The molecule has 0 saturated heterocycles. The summed E-state index contributed by atoms with van der Waals surface area (Å²) >= 11 is 0. The van der Waals surface area contributed by atoms with E-state index in [-0.39, 0.29) is 32.5 Å². The molecule has 0 spiro atoms. The molecule has 0 aliphatic heterocycles. The summed E-state index contributed by atoms with van der Waals surface area (Å²) in [5.41, 5.74) is 9.03. The van der Waals surface area contributed by atoms with E-state index in [2.05, 4.69) is 161 Å². The number of fused-ring (bicyclic) bond motifs is 6. The maximum absolute atomic E-state index is 2.56. The van der Waals surface area contributed by atoms with Crippen molar-refractivity contribution in [3.05, 3.63) is 69.8 Å². The molecule has 0 saturated carbocycles. The highest BCUT2D eigenvalue weighted by Gasteiger charge is 2.31. The minimum absolute atomic E-state index is 0.0446. The Morgan fingerprint density at radius 3 is 0.381 bits per heavy atom. The van der Waals surface area contributed by atoms with Gasteiger partial charge in [-0.25, -0.2) is 0 Å². The van der Waals surface area contributed by atoms with Crippen molar-refractivity contribution in [2.75, 3.05) is 0 Å². The molecule has 0 aliphatic rings. The van der Waals surface area contributed by atoms with Crippen LogP contribution < -0.4 is 0 Å². The van der Waals surface area contributed by atoms with Gasteiger partial charge in [-0.1, -0.05) is 125 Å². The summed E-state index contributed by atoms with van der Waals surface area (Å²) in [5, 5.41) is 8.36. The largest absolute Gasteiger partial charge is 0.0561 e. The van der Waals surface area contributed by atoms with Crippen LogP contribution in [0, 0.1) is 0 Å². The van der Waals surface area contributed by atoms with Gasteiger partial charge in [0.2, 0.25) is 0 Å².